The average molecular weight is 459 g/mol. The van der Waals surface area contributed by atoms with Crippen LogP contribution in [0.25, 0.3) is 16.6 Å². The molecule has 1 saturated carbocycles. The minimum absolute atomic E-state index is 0.0151. The summed E-state index contributed by atoms with van der Waals surface area (Å²) in [6.45, 7) is 4.16. The van der Waals surface area contributed by atoms with E-state index >= 15 is 0 Å². The van der Waals surface area contributed by atoms with Crippen LogP contribution in [0.15, 0.2) is 42.5 Å². The number of benzene rings is 2. The van der Waals surface area contributed by atoms with Gasteiger partial charge in [-0.15, -0.1) is 0 Å². The van der Waals surface area contributed by atoms with Crippen molar-refractivity contribution in [1.82, 2.24) is 4.57 Å². The van der Waals surface area contributed by atoms with E-state index in [-0.39, 0.29) is 37.4 Å². The first-order chi connectivity index (χ1) is 15.5. The highest BCUT2D eigenvalue weighted by atomic mass is 19.3. The summed E-state index contributed by atoms with van der Waals surface area (Å²) in [6, 6.07) is 11.0. The summed E-state index contributed by atoms with van der Waals surface area (Å²) in [4.78, 5) is 11.2. The lowest BCUT2D eigenvalue weighted by atomic mass is 9.76. The van der Waals surface area contributed by atoms with Crippen molar-refractivity contribution in [1.29, 1.82) is 0 Å². The van der Waals surface area contributed by atoms with Crippen molar-refractivity contribution in [3.8, 4) is 11.4 Å². The van der Waals surface area contributed by atoms with Crippen LogP contribution < -0.4 is 0 Å². The van der Waals surface area contributed by atoms with Gasteiger partial charge in [0.1, 0.15) is 11.6 Å². The number of carbonyl (C=O) groups is 1. The summed E-state index contributed by atoms with van der Waals surface area (Å²) in [5.41, 5.74) is 1.00. The number of carboxylic acids is 1. The zero-order valence-electron chi connectivity index (χ0n) is 18.2. The fourth-order valence-electron chi connectivity index (χ4n) is 5.58. The van der Waals surface area contributed by atoms with Gasteiger partial charge in [-0.05, 0) is 55.7 Å². The topological polar surface area (TPSA) is 71.7 Å². The lowest BCUT2D eigenvalue weighted by Gasteiger charge is -2.43. The summed E-state index contributed by atoms with van der Waals surface area (Å²) in [7, 11) is 0. The highest BCUT2D eigenvalue weighted by Crippen LogP contribution is 2.58. The Balaban J connectivity index is 1.80. The van der Waals surface area contributed by atoms with Gasteiger partial charge in [-0.25, -0.2) is 9.18 Å². The molecule has 5 rings (SSSR count). The molecule has 1 aliphatic heterocycles. The van der Waals surface area contributed by atoms with Crippen molar-refractivity contribution >= 4 is 16.9 Å². The maximum atomic E-state index is 14.5. The molecule has 33 heavy (non-hydrogen) atoms. The van der Waals surface area contributed by atoms with E-state index < -0.39 is 28.8 Å². The smallest absolute Gasteiger partial charge is 0.374 e. The number of nitrogens with zero attached hydrogens (tertiary/aromatic N) is 1. The number of fused-ring (bicyclic) bond motifs is 4. The summed E-state index contributed by atoms with van der Waals surface area (Å²) in [5, 5.41) is 20.5. The van der Waals surface area contributed by atoms with E-state index in [0.29, 0.717) is 22.2 Å². The quantitative estimate of drug-likeness (QED) is 0.543. The van der Waals surface area contributed by atoms with E-state index in [4.69, 9.17) is 9.84 Å². The number of aliphatic carboxylic acids is 1. The molecule has 1 aromatic heterocycles. The number of phenolic OH excluding ortho intramolecular Hbond substituents is 1. The van der Waals surface area contributed by atoms with E-state index in [0.717, 1.165) is 5.69 Å². The number of aromatic nitrogens is 1. The number of halogens is 3. The maximum absolute atomic E-state index is 14.5. The summed E-state index contributed by atoms with van der Waals surface area (Å²) in [6.07, 6.45) is 0.0166. The number of hydrogen-bond donors (Lipinski definition) is 2. The molecule has 5 nitrogen and oxygen atoms in total. The van der Waals surface area contributed by atoms with E-state index in [1.165, 1.54) is 18.2 Å². The summed E-state index contributed by atoms with van der Waals surface area (Å²) >= 11 is 0. The first kappa shape index (κ1) is 21.8. The van der Waals surface area contributed by atoms with Crippen LogP contribution in [0, 0.1) is 11.7 Å². The molecule has 2 aliphatic rings. The normalized spacial score (nSPS) is 24.3. The van der Waals surface area contributed by atoms with Crippen LogP contribution in [0.1, 0.15) is 44.4 Å². The van der Waals surface area contributed by atoms with Crippen molar-refractivity contribution in [2.75, 3.05) is 6.61 Å². The molecular formula is C25H24F3NO4. The van der Waals surface area contributed by atoms with Gasteiger partial charge in [0.15, 0.2) is 0 Å². The predicted molar refractivity (Wildman–Crippen MR) is 115 cm³/mol. The molecule has 0 bridgehead atoms. The van der Waals surface area contributed by atoms with E-state index in [2.05, 4.69) is 0 Å². The van der Waals surface area contributed by atoms with Crippen molar-refractivity contribution in [2.24, 2.45) is 5.92 Å². The largest absolute Gasteiger partial charge is 0.507 e. The molecule has 0 saturated heterocycles. The number of hydrogen-bond acceptors (Lipinski definition) is 3. The summed E-state index contributed by atoms with van der Waals surface area (Å²) in [5.74, 6) is -7.81. The molecule has 1 fully saturated rings. The molecular weight excluding hydrogens is 435 g/mol. The van der Waals surface area contributed by atoms with Crippen molar-refractivity contribution in [2.45, 2.75) is 50.0 Å². The average Bonchev–Trinajstić information content (AvgIpc) is 3.34. The van der Waals surface area contributed by atoms with Crippen molar-refractivity contribution in [3.63, 3.8) is 0 Å². The lowest BCUT2D eigenvalue weighted by Crippen LogP contribution is -2.44. The van der Waals surface area contributed by atoms with Crippen LogP contribution in [0.5, 0.6) is 5.75 Å². The van der Waals surface area contributed by atoms with Crippen LogP contribution in [0.3, 0.4) is 0 Å². The third-order valence-electron chi connectivity index (χ3n) is 7.13. The second-order valence-electron chi connectivity index (χ2n) is 9.74. The van der Waals surface area contributed by atoms with E-state index in [1.54, 1.807) is 18.2 Å². The minimum atomic E-state index is -3.88. The zero-order chi connectivity index (χ0) is 23.8. The molecule has 2 N–H and O–H groups in total. The van der Waals surface area contributed by atoms with Crippen LogP contribution in [0.2, 0.25) is 0 Å². The van der Waals surface area contributed by atoms with Gasteiger partial charge < -0.3 is 19.5 Å². The highest BCUT2D eigenvalue weighted by molar-refractivity contribution is 5.94. The Kier molecular flexibility index (Phi) is 4.63. The minimum Gasteiger partial charge on any atom is -0.507 e. The number of carboxylic acid groups (broad SMARTS) is 1. The van der Waals surface area contributed by atoms with Crippen LogP contribution in [-0.4, -0.2) is 33.3 Å². The van der Waals surface area contributed by atoms with Gasteiger partial charge in [0, 0.05) is 33.7 Å². The molecule has 2 heterocycles. The van der Waals surface area contributed by atoms with Crippen molar-refractivity contribution in [3.05, 3.63) is 59.5 Å². The Hall–Kier alpha value is -3.00. The molecule has 0 amide bonds. The van der Waals surface area contributed by atoms with Gasteiger partial charge >= 0.3 is 11.9 Å². The van der Waals surface area contributed by atoms with Gasteiger partial charge in [0.05, 0.1) is 17.7 Å². The van der Waals surface area contributed by atoms with Gasteiger partial charge in [-0.2, -0.15) is 8.78 Å². The molecule has 3 aromatic rings. The van der Waals surface area contributed by atoms with E-state index in [1.807, 2.05) is 24.5 Å². The number of aromatic hydroxyl groups is 1. The third-order valence-corrected chi connectivity index (χ3v) is 7.13. The molecule has 174 valence electrons. The molecule has 2 unspecified atom stereocenters. The third kappa shape index (κ3) is 3.07. The monoisotopic (exact) mass is 459 g/mol. The van der Waals surface area contributed by atoms with Gasteiger partial charge in [0.2, 0.25) is 0 Å². The second kappa shape index (κ2) is 7.00. The second-order valence-corrected chi connectivity index (χ2v) is 9.74. The maximum Gasteiger partial charge on any atom is 0.374 e. The molecule has 2 atom stereocenters. The predicted octanol–water partition coefficient (Wildman–Crippen LogP) is 5.50. The SMILES string of the molecule is CC1(C)COC2(CCC(C(F)(F)C(=O)O)C2)c2c1n(-c1ccc(F)cc1)c1cccc(O)c21. The lowest BCUT2D eigenvalue weighted by molar-refractivity contribution is -0.175. The molecule has 2 aromatic carbocycles. The Morgan fingerprint density at radius 1 is 1.18 bits per heavy atom. The van der Waals surface area contributed by atoms with Gasteiger partial charge in [0.25, 0.3) is 0 Å². The standard InChI is InChI=1S/C25H24F3NO4/c1-23(2)13-33-24(11-10-14(12-24)25(27,28)22(31)32)20-19-17(4-3-5-18(19)30)29(21(20)23)16-8-6-15(26)7-9-16/h3-9,14,30H,10-13H2,1-2H3,(H,31,32). The Labute approximate surface area is 188 Å². The van der Waals surface area contributed by atoms with Crippen LogP contribution in [0.4, 0.5) is 13.2 Å². The number of rotatable bonds is 3. The fourth-order valence-corrected chi connectivity index (χ4v) is 5.58. The van der Waals surface area contributed by atoms with Gasteiger partial charge in [-0.3, -0.25) is 0 Å². The highest BCUT2D eigenvalue weighted by Gasteiger charge is 2.59. The molecule has 1 spiro atoms. The number of alkyl halides is 2. The number of ether oxygens (including phenoxy) is 1. The fraction of sp³-hybridized carbons (Fsp3) is 0.400. The molecule has 8 heteroatoms. The van der Waals surface area contributed by atoms with E-state index in [9.17, 15) is 23.1 Å². The Morgan fingerprint density at radius 3 is 2.55 bits per heavy atom. The van der Waals surface area contributed by atoms with Gasteiger partial charge in [-0.1, -0.05) is 19.9 Å². The molecule has 1 aliphatic carbocycles. The Bertz CT molecular complexity index is 1260. The van der Waals surface area contributed by atoms with Crippen molar-refractivity contribution < 1.29 is 32.9 Å². The molecule has 0 radical (unpaired) electrons. The number of phenols is 1. The first-order valence-corrected chi connectivity index (χ1v) is 10.9. The Morgan fingerprint density at radius 2 is 1.88 bits per heavy atom. The van der Waals surface area contributed by atoms with Crippen LogP contribution >= 0.6 is 0 Å². The zero-order valence-corrected chi connectivity index (χ0v) is 18.2. The summed E-state index contributed by atoms with van der Waals surface area (Å²) < 4.78 is 50.8. The first-order valence-electron chi connectivity index (χ1n) is 10.9. The van der Waals surface area contributed by atoms with Crippen LogP contribution in [-0.2, 0) is 20.5 Å².